The van der Waals surface area contributed by atoms with E-state index in [1.807, 2.05) is 24.3 Å². The Balaban J connectivity index is 1.74. The Morgan fingerprint density at radius 1 is 0.513 bits per heavy atom. The summed E-state index contributed by atoms with van der Waals surface area (Å²) < 4.78 is 4.44. The molecule has 0 fully saturated rings. The van der Waals surface area contributed by atoms with Crippen molar-refractivity contribution in [3.63, 3.8) is 0 Å². The molecule has 0 saturated carbocycles. The summed E-state index contributed by atoms with van der Waals surface area (Å²) in [4.78, 5) is 0. The van der Waals surface area contributed by atoms with Gasteiger partial charge in [-0.1, -0.05) is 86.6 Å². The number of para-hydroxylation sites is 4. The van der Waals surface area contributed by atoms with Crippen molar-refractivity contribution < 1.29 is 0 Å². The van der Waals surface area contributed by atoms with Crippen LogP contribution in [0.25, 0.3) is 55.0 Å². The minimum Gasteiger partial charge on any atom is -0.308 e. The second kappa shape index (κ2) is 8.62. The lowest BCUT2D eigenvalue weighted by atomic mass is 9.92. The summed E-state index contributed by atoms with van der Waals surface area (Å²) in [5.74, 6) is 0.0234. The van der Waals surface area contributed by atoms with E-state index in [1.54, 1.807) is 6.07 Å². The van der Waals surface area contributed by atoms with Crippen LogP contribution in [0.1, 0.15) is 36.5 Å². The van der Waals surface area contributed by atoms with Gasteiger partial charge in [0.2, 0.25) is 0 Å². The molecule has 2 aromatic heterocycles. The zero-order valence-corrected chi connectivity index (χ0v) is 21.7. The molecule has 0 unspecified atom stereocenters. The van der Waals surface area contributed by atoms with E-state index in [4.69, 9.17) is 0 Å². The Morgan fingerprint density at radius 2 is 0.821 bits per heavy atom. The van der Waals surface area contributed by atoms with Crippen molar-refractivity contribution in [2.75, 3.05) is 0 Å². The second-order valence-corrected chi connectivity index (χ2v) is 10.2. The van der Waals surface area contributed by atoms with E-state index in [0.29, 0.717) is 11.1 Å². The third-order valence-electron chi connectivity index (χ3n) is 7.73. The summed E-state index contributed by atoms with van der Waals surface area (Å²) in [6.07, 6.45) is 0. The molecule has 5 aromatic carbocycles. The first-order chi connectivity index (χ1) is 19.1. The Labute approximate surface area is 226 Å². The molecular formula is C35H24N4. The monoisotopic (exact) mass is 500 g/mol. The number of hydrogen-bond donors (Lipinski definition) is 0. The second-order valence-electron chi connectivity index (χ2n) is 10.2. The van der Waals surface area contributed by atoms with E-state index in [-0.39, 0.29) is 5.92 Å². The van der Waals surface area contributed by atoms with Crippen LogP contribution in [0.2, 0.25) is 0 Å². The maximum atomic E-state index is 10.5. The zero-order valence-electron chi connectivity index (χ0n) is 21.7. The van der Waals surface area contributed by atoms with Crippen LogP contribution in [0.3, 0.4) is 0 Å². The van der Waals surface area contributed by atoms with E-state index in [2.05, 4.69) is 108 Å². The van der Waals surface area contributed by atoms with Gasteiger partial charge in [0.25, 0.3) is 0 Å². The standard InChI is InChI=1S/C35H24N4/c1-22(2)33-34(38-29-15-7-3-11-25(29)26-12-4-8-16-30(26)38)23(20-36)19-24(21-37)35(33)39-31-17-9-5-13-27(31)28-14-6-10-18-32(28)39/h3-19,22H,1-2H3. The Morgan fingerprint density at radius 3 is 1.10 bits per heavy atom. The van der Waals surface area contributed by atoms with Gasteiger partial charge in [-0.05, 0) is 36.2 Å². The highest BCUT2D eigenvalue weighted by Crippen LogP contribution is 2.42. The fourth-order valence-electron chi connectivity index (χ4n) is 6.21. The molecule has 2 heterocycles. The van der Waals surface area contributed by atoms with E-state index >= 15 is 0 Å². The molecule has 0 bridgehead atoms. The van der Waals surface area contributed by atoms with E-state index in [9.17, 15) is 10.5 Å². The molecule has 0 N–H and O–H groups in total. The van der Waals surface area contributed by atoms with Gasteiger partial charge in [-0.15, -0.1) is 0 Å². The summed E-state index contributed by atoms with van der Waals surface area (Å²) in [5, 5.41) is 25.5. The predicted octanol–water partition coefficient (Wildman–Crippen LogP) is 8.75. The summed E-state index contributed by atoms with van der Waals surface area (Å²) >= 11 is 0. The van der Waals surface area contributed by atoms with Gasteiger partial charge in [0.15, 0.2) is 0 Å². The van der Waals surface area contributed by atoms with Crippen LogP contribution in [-0.4, -0.2) is 9.13 Å². The van der Waals surface area contributed by atoms with Crippen molar-refractivity contribution in [3.05, 3.63) is 120 Å². The first-order valence-electron chi connectivity index (χ1n) is 13.1. The molecule has 0 amide bonds. The molecule has 0 atom stereocenters. The van der Waals surface area contributed by atoms with Crippen molar-refractivity contribution in [3.8, 4) is 23.5 Å². The summed E-state index contributed by atoms with van der Waals surface area (Å²) in [7, 11) is 0. The molecule has 0 aliphatic rings. The molecule has 4 heteroatoms. The third-order valence-corrected chi connectivity index (χ3v) is 7.73. The SMILES string of the molecule is CC(C)c1c(-n2c3ccccc3c3ccccc32)c(C#N)cc(C#N)c1-n1c2ccccc2c2ccccc21. The fourth-order valence-corrected chi connectivity index (χ4v) is 6.21. The van der Waals surface area contributed by atoms with Crippen LogP contribution in [0.15, 0.2) is 103 Å². The molecule has 0 saturated heterocycles. The fraction of sp³-hybridized carbons (Fsp3) is 0.0857. The molecule has 0 spiro atoms. The molecule has 0 aliphatic heterocycles. The van der Waals surface area contributed by atoms with Gasteiger partial charge in [0.05, 0.1) is 44.6 Å². The highest BCUT2D eigenvalue weighted by Gasteiger charge is 2.27. The molecule has 7 aromatic rings. The third kappa shape index (κ3) is 3.16. The maximum Gasteiger partial charge on any atom is 0.101 e. The quantitative estimate of drug-likeness (QED) is 0.243. The van der Waals surface area contributed by atoms with Gasteiger partial charge in [-0.25, -0.2) is 0 Å². The van der Waals surface area contributed by atoms with Gasteiger partial charge in [0.1, 0.15) is 12.1 Å². The molecule has 39 heavy (non-hydrogen) atoms. The highest BCUT2D eigenvalue weighted by atomic mass is 15.0. The predicted molar refractivity (Wildman–Crippen MR) is 159 cm³/mol. The number of nitriles is 2. The first kappa shape index (κ1) is 22.8. The number of hydrogen-bond acceptors (Lipinski definition) is 2. The Hall–Kier alpha value is -5.32. The smallest absolute Gasteiger partial charge is 0.101 e. The minimum atomic E-state index is 0.0234. The van der Waals surface area contributed by atoms with Crippen molar-refractivity contribution >= 4 is 43.6 Å². The average molecular weight is 501 g/mol. The van der Waals surface area contributed by atoms with Gasteiger partial charge in [-0.2, -0.15) is 10.5 Å². The van der Waals surface area contributed by atoms with Gasteiger partial charge >= 0.3 is 0 Å². The summed E-state index contributed by atoms with van der Waals surface area (Å²) in [6.45, 7) is 4.29. The molecule has 0 radical (unpaired) electrons. The summed E-state index contributed by atoms with van der Waals surface area (Å²) in [6, 6.07) is 40.0. The Kier molecular flexibility index (Phi) is 5.05. The zero-order chi connectivity index (χ0) is 26.7. The number of rotatable bonds is 3. The highest BCUT2D eigenvalue weighted by molar-refractivity contribution is 6.11. The largest absolute Gasteiger partial charge is 0.308 e. The lowest BCUT2D eigenvalue weighted by Crippen LogP contribution is -2.12. The van der Waals surface area contributed by atoms with Crippen LogP contribution in [0.5, 0.6) is 0 Å². The van der Waals surface area contributed by atoms with Crippen LogP contribution >= 0.6 is 0 Å². The number of nitrogens with zero attached hydrogens (tertiary/aromatic N) is 4. The number of aromatic nitrogens is 2. The maximum absolute atomic E-state index is 10.5. The van der Waals surface area contributed by atoms with Crippen molar-refractivity contribution in [1.29, 1.82) is 10.5 Å². The van der Waals surface area contributed by atoms with Crippen LogP contribution in [0, 0.1) is 22.7 Å². The minimum absolute atomic E-state index is 0.0234. The molecule has 184 valence electrons. The normalized spacial score (nSPS) is 11.5. The number of fused-ring (bicyclic) bond motifs is 6. The summed E-state index contributed by atoms with van der Waals surface area (Å²) in [5.41, 5.74) is 7.78. The van der Waals surface area contributed by atoms with Crippen molar-refractivity contribution in [1.82, 2.24) is 9.13 Å². The van der Waals surface area contributed by atoms with Gasteiger partial charge in [-0.3, -0.25) is 0 Å². The molecule has 7 rings (SSSR count). The van der Waals surface area contributed by atoms with E-state index < -0.39 is 0 Å². The average Bonchev–Trinajstić information content (AvgIpc) is 3.49. The van der Waals surface area contributed by atoms with Crippen LogP contribution in [0.4, 0.5) is 0 Å². The van der Waals surface area contributed by atoms with Gasteiger partial charge in [0, 0.05) is 27.1 Å². The Bertz CT molecular complexity index is 1920. The first-order valence-corrected chi connectivity index (χ1v) is 13.1. The molecular weight excluding hydrogens is 476 g/mol. The molecule has 0 aliphatic carbocycles. The van der Waals surface area contributed by atoms with E-state index in [1.165, 1.54) is 0 Å². The van der Waals surface area contributed by atoms with Crippen LogP contribution < -0.4 is 0 Å². The van der Waals surface area contributed by atoms with Crippen molar-refractivity contribution in [2.45, 2.75) is 19.8 Å². The number of benzene rings is 5. The van der Waals surface area contributed by atoms with Gasteiger partial charge < -0.3 is 9.13 Å². The van der Waals surface area contributed by atoms with Crippen LogP contribution in [-0.2, 0) is 0 Å². The molecule has 4 nitrogen and oxygen atoms in total. The topological polar surface area (TPSA) is 57.4 Å². The lowest BCUT2D eigenvalue weighted by molar-refractivity contribution is 0.839. The van der Waals surface area contributed by atoms with Crippen molar-refractivity contribution in [2.24, 2.45) is 0 Å². The van der Waals surface area contributed by atoms with E-state index in [0.717, 1.165) is 60.5 Å². The lowest BCUT2D eigenvalue weighted by Gasteiger charge is -2.24.